The van der Waals surface area contributed by atoms with E-state index in [1.807, 2.05) is 24.3 Å². The second-order valence-corrected chi connectivity index (χ2v) is 6.05. The Balaban J connectivity index is 2.03. The molecule has 0 radical (unpaired) electrons. The maximum Gasteiger partial charge on any atom is 0.303 e. The van der Waals surface area contributed by atoms with Gasteiger partial charge in [-0.05, 0) is 31.5 Å². The molecule has 0 spiro atoms. The summed E-state index contributed by atoms with van der Waals surface area (Å²) in [6.45, 7) is 4.95. The van der Waals surface area contributed by atoms with Crippen LogP contribution >= 0.6 is 0 Å². The van der Waals surface area contributed by atoms with Crippen molar-refractivity contribution in [2.45, 2.75) is 39.3 Å². The fourth-order valence-corrected chi connectivity index (χ4v) is 2.38. The lowest BCUT2D eigenvalue weighted by molar-refractivity contribution is -0.138. The van der Waals surface area contributed by atoms with Crippen LogP contribution in [0.1, 0.15) is 32.3 Å². The molecule has 0 atom stereocenters. The summed E-state index contributed by atoms with van der Waals surface area (Å²) in [7, 11) is 0. The largest absolute Gasteiger partial charge is 0.481 e. The quantitative estimate of drug-likeness (QED) is 0.770. The highest BCUT2D eigenvalue weighted by molar-refractivity contribution is 5.92. The molecule has 6 heteroatoms. The van der Waals surface area contributed by atoms with E-state index in [2.05, 4.69) is 41.2 Å². The Bertz CT molecular complexity index is 700. The first kappa shape index (κ1) is 18.4. The Morgan fingerprint density at radius 2 is 1.84 bits per heavy atom. The number of hydrogen-bond acceptors (Lipinski definition) is 4. The van der Waals surface area contributed by atoms with Crippen LogP contribution in [-0.2, 0) is 16.1 Å². The number of benzene rings is 1. The number of pyridine rings is 1. The van der Waals surface area contributed by atoms with E-state index in [4.69, 9.17) is 5.11 Å². The highest BCUT2D eigenvalue weighted by Crippen LogP contribution is 2.19. The Morgan fingerprint density at radius 1 is 1.12 bits per heavy atom. The first-order valence-electron chi connectivity index (χ1n) is 8.24. The number of carboxylic acids is 1. The third-order valence-electron chi connectivity index (χ3n) is 3.71. The smallest absolute Gasteiger partial charge is 0.303 e. The van der Waals surface area contributed by atoms with Crippen molar-refractivity contribution in [2.24, 2.45) is 0 Å². The summed E-state index contributed by atoms with van der Waals surface area (Å²) in [5.74, 6) is -0.499. The molecule has 2 N–H and O–H groups in total. The molecular formula is C19H23N3O3. The third-order valence-corrected chi connectivity index (χ3v) is 3.71. The average molecular weight is 341 g/mol. The fraction of sp³-hybridized carbons (Fsp3) is 0.316. The molecule has 0 saturated heterocycles. The van der Waals surface area contributed by atoms with Crippen LogP contribution in [0.3, 0.4) is 0 Å². The Labute approximate surface area is 147 Å². The maximum absolute atomic E-state index is 11.7. The van der Waals surface area contributed by atoms with E-state index < -0.39 is 5.97 Å². The van der Waals surface area contributed by atoms with E-state index in [1.165, 1.54) is 5.56 Å². The molecule has 0 unspecified atom stereocenters. The van der Waals surface area contributed by atoms with Gasteiger partial charge in [0.05, 0.1) is 18.3 Å². The van der Waals surface area contributed by atoms with E-state index in [9.17, 15) is 9.59 Å². The minimum absolute atomic E-state index is 0.0524. The lowest BCUT2D eigenvalue weighted by Crippen LogP contribution is -2.30. The van der Waals surface area contributed by atoms with Crippen LogP contribution in [0, 0.1) is 0 Å². The topological polar surface area (TPSA) is 82.5 Å². The number of nitrogens with zero attached hydrogens (tertiary/aromatic N) is 2. The van der Waals surface area contributed by atoms with Crippen LogP contribution in [0.15, 0.2) is 48.7 Å². The molecule has 1 heterocycles. The van der Waals surface area contributed by atoms with Gasteiger partial charge in [0.15, 0.2) is 0 Å². The fourth-order valence-electron chi connectivity index (χ4n) is 2.38. The summed E-state index contributed by atoms with van der Waals surface area (Å²) in [6, 6.07) is 14.1. The van der Waals surface area contributed by atoms with E-state index in [-0.39, 0.29) is 24.8 Å². The van der Waals surface area contributed by atoms with E-state index in [0.29, 0.717) is 5.69 Å². The predicted molar refractivity (Wildman–Crippen MR) is 97.5 cm³/mol. The molecule has 1 aromatic carbocycles. The van der Waals surface area contributed by atoms with Crippen LogP contribution in [0.25, 0.3) is 0 Å². The van der Waals surface area contributed by atoms with Gasteiger partial charge in [0, 0.05) is 19.0 Å². The SMILES string of the molecule is CC(C)N(Cc1ccccc1)c1ccc(NC(=O)CCC(=O)O)cn1. The number of anilines is 2. The monoisotopic (exact) mass is 341 g/mol. The number of nitrogens with one attached hydrogen (secondary N) is 1. The third kappa shape index (κ3) is 5.91. The number of carbonyl (C=O) groups is 2. The zero-order valence-electron chi connectivity index (χ0n) is 14.5. The molecule has 132 valence electrons. The highest BCUT2D eigenvalue weighted by Gasteiger charge is 2.13. The van der Waals surface area contributed by atoms with Crippen LogP contribution in [0.2, 0.25) is 0 Å². The van der Waals surface area contributed by atoms with Gasteiger partial charge in [-0.2, -0.15) is 0 Å². The van der Waals surface area contributed by atoms with Gasteiger partial charge in [0.25, 0.3) is 0 Å². The molecule has 0 aliphatic carbocycles. The molecule has 1 amide bonds. The normalized spacial score (nSPS) is 10.5. The van der Waals surface area contributed by atoms with Gasteiger partial charge in [0.1, 0.15) is 5.82 Å². The van der Waals surface area contributed by atoms with Gasteiger partial charge in [0.2, 0.25) is 5.91 Å². The Morgan fingerprint density at radius 3 is 2.40 bits per heavy atom. The number of aromatic nitrogens is 1. The molecule has 6 nitrogen and oxygen atoms in total. The molecular weight excluding hydrogens is 318 g/mol. The zero-order chi connectivity index (χ0) is 18.2. The van der Waals surface area contributed by atoms with Crippen LogP contribution < -0.4 is 10.2 Å². The predicted octanol–water partition coefficient (Wildman–Crippen LogP) is 3.30. The van der Waals surface area contributed by atoms with Crippen molar-refractivity contribution >= 4 is 23.4 Å². The van der Waals surface area contributed by atoms with Crippen molar-refractivity contribution in [1.29, 1.82) is 0 Å². The van der Waals surface area contributed by atoms with E-state index >= 15 is 0 Å². The standard InChI is InChI=1S/C19H23N3O3/c1-14(2)22(13-15-6-4-3-5-7-15)17-9-8-16(12-20-17)21-18(23)10-11-19(24)25/h3-9,12,14H,10-11,13H2,1-2H3,(H,21,23)(H,24,25). The lowest BCUT2D eigenvalue weighted by Gasteiger charge is -2.28. The molecule has 25 heavy (non-hydrogen) atoms. The first-order valence-corrected chi connectivity index (χ1v) is 8.24. The van der Waals surface area contributed by atoms with Crippen molar-refractivity contribution in [2.75, 3.05) is 10.2 Å². The molecule has 0 fully saturated rings. The minimum Gasteiger partial charge on any atom is -0.481 e. The summed E-state index contributed by atoms with van der Waals surface area (Å²) < 4.78 is 0. The summed E-state index contributed by atoms with van der Waals surface area (Å²) in [4.78, 5) is 28.8. The van der Waals surface area contributed by atoms with Crippen molar-refractivity contribution in [1.82, 2.24) is 4.98 Å². The molecule has 0 bridgehead atoms. The summed E-state index contributed by atoms with van der Waals surface area (Å²) in [5.41, 5.74) is 1.76. The summed E-state index contributed by atoms with van der Waals surface area (Å²) >= 11 is 0. The van der Waals surface area contributed by atoms with Gasteiger partial charge in [-0.3, -0.25) is 9.59 Å². The molecule has 2 rings (SSSR count). The summed E-state index contributed by atoms with van der Waals surface area (Å²) in [6.07, 6.45) is 1.35. The maximum atomic E-state index is 11.7. The van der Waals surface area contributed by atoms with Crippen LogP contribution in [0.5, 0.6) is 0 Å². The van der Waals surface area contributed by atoms with Crippen molar-refractivity contribution in [3.05, 3.63) is 54.2 Å². The lowest BCUT2D eigenvalue weighted by atomic mass is 10.2. The zero-order valence-corrected chi connectivity index (χ0v) is 14.5. The van der Waals surface area contributed by atoms with Gasteiger partial charge in [-0.15, -0.1) is 0 Å². The summed E-state index contributed by atoms with van der Waals surface area (Å²) in [5, 5.41) is 11.3. The number of carbonyl (C=O) groups excluding carboxylic acids is 1. The number of carboxylic acid groups (broad SMARTS) is 1. The second-order valence-electron chi connectivity index (χ2n) is 6.05. The Hall–Kier alpha value is -2.89. The highest BCUT2D eigenvalue weighted by atomic mass is 16.4. The van der Waals surface area contributed by atoms with E-state index in [0.717, 1.165) is 12.4 Å². The van der Waals surface area contributed by atoms with Crippen molar-refractivity contribution < 1.29 is 14.7 Å². The molecule has 0 saturated carbocycles. The number of aliphatic carboxylic acids is 1. The molecule has 0 aliphatic heterocycles. The number of amides is 1. The first-order chi connectivity index (χ1) is 12.0. The second kappa shape index (κ2) is 8.82. The molecule has 1 aromatic heterocycles. The molecule has 0 aliphatic rings. The number of hydrogen-bond donors (Lipinski definition) is 2. The Kier molecular flexibility index (Phi) is 6.51. The van der Waals surface area contributed by atoms with Gasteiger partial charge in [-0.1, -0.05) is 30.3 Å². The van der Waals surface area contributed by atoms with E-state index in [1.54, 1.807) is 12.3 Å². The average Bonchev–Trinajstić information content (AvgIpc) is 2.59. The van der Waals surface area contributed by atoms with Crippen LogP contribution in [-0.4, -0.2) is 28.0 Å². The van der Waals surface area contributed by atoms with Crippen LogP contribution in [0.4, 0.5) is 11.5 Å². The van der Waals surface area contributed by atoms with Crippen molar-refractivity contribution in [3.63, 3.8) is 0 Å². The molecule has 2 aromatic rings. The van der Waals surface area contributed by atoms with Crippen molar-refractivity contribution in [3.8, 4) is 0 Å². The minimum atomic E-state index is -0.989. The number of rotatable bonds is 8. The van der Waals surface area contributed by atoms with Gasteiger partial charge >= 0.3 is 5.97 Å². The van der Waals surface area contributed by atoms with Gasteiger partial charge < -0.3 is 15.3 Å². The van der Waals surface area contributed by atoms with Gasteiger partial charge in [-0.25, -0.2) is 4.98 Å².